The molecule has 190 valence electrons. The Labute approximate surface area is 221 Å². The summed E-state index contributed by atoms with van der Waals surface area (Å²) in [5.41, 5.74) is 7.22. The molecule has 0 saturated heterocycles. The van der Waals surface area contributed by atoms with Gasteiger partial charge in [0.05, 0.1) is 18.6 Å². The molecule has 0 unspecified atom stereocenters. The molecule has 0 aliphatic carbocycles. The summed E-state index contributed by atoms with van der Waals surface area (Å²) < 4.78 is 7.27. The van der Waals surface area contributed by atoms with Crippen LogP contribution in [-0.4, -0.2) is 44.2 Å². The monoisotopic (exact) mass is 514 g/mol. The maximum absolute atomic E-state index is 12.6. The molecule has 4 rings (SSSR count). The number of rotatable bonds is 8. The van der Waals surface area contributed by atoms with Gasteiger partial charge >= 0.3 is 0 Å². The number of methoxy groups -OCH3 is 1. The van der Waals surface area contributed by atoms with E-state index in [0.717, 1.165) is 22.6 Å². The molecular formula is C28H30N6O2S. The molecule has 0 aliphatic heterocycles. The topological polar surface area (TPSA) is 94.3 Å². The molecule has 1 amide bonds. The Morgan fingerprint density at radius 1 is 1.05 bits per heavy atom. The number of carbonyl (C=O) groups excluding carboxylic acids is 1. The zero-order chi connectivity index (χ0) is 26.4. The standard InChI is InChI=1S/C28H30N6O2S/c1-19(21-7-6-16-29-17-21)30-31-25(35)18-37-27-33-32-26(20-8-10-22(11-9-20)28(2,3)4)34(27)23-12-14-24(36-5)15-13-23/h6-17H,18H2,1-5H3,(H,31,35)/b30-19-. The fourth-order valence-electron chi connectivity index (χ4n) is 3.58. The van der Waals surface area contributed by atoms with Gasteiger partial charge in [-0.1, -0.05) is 62.9 Å². The first-order valence-electron chi connectivity index (χ1n) is 11.8. The summed E-state index contributed by atoms with van der Waals surface area (Å²) in [4.78, 5) is 16.6. The quantitative estimate of drug-likeness (QED) is 0.196. The van der Waals surface area contributed by atoms with Crippen LogP contribution in [0.25, 0.3) is 17.1 Å². The molecule has 4 aromatic rings. The molecule has 0 radical (unpaired) electrons. The lowest BCUT2D eigenvalue weighted by atomic mass is 9.87. The number of benzene rings is 2. The van der Waals surface area contributed by atoms with Crippen molar-refractivity contribution < 1.29 is 9.53 Å². The Morgan fingerprint density at radius 3 is 2.41 bits per heavy atom. The number of hydrogen-bond donors (Lipinski definition) is 1. The van der Waals surface area contributed by atoms with Crippen molar-refractivity contribution >= 4 is 23.4 Å². The van der Waals surface area contributed by atoms with Crippen LogP contribution < -0.4 is 10.2 Å². The highest BCUT2D eigenvalue weighted by Crippen LogP contribution is 2.30. The van der Waals surface area contributed by atoms with E-state index in [1.165, 1.54) is 17.3 Å². The van der Waals surface area contributed by atoms with E-state index >= 15 is 0 Å². The molecule has 0 atom stereocenters. The van der Waals surface area contributed by atoms with Crippen molar-refractivity contribution in [3.8, 4) is 22.8 Å². The van der Waals surface area contributed by atoms with Crippen LogP contribution in [0.15, 0.2) is 83.3 Å². The lowest BCUT2D eigenvalue weighted by Gasteiger charge is -2.19. The third kappa shape index (κ3) is 6.42. The predicted octanol–water partition coefficient (Wildman–Crippen LogP) is 5.27. The minimum Gasteiger partial charge on any atom is -0.497 e. The lowest BCUT2D eigenvalue weighted by Crippen LogP contribution is -2.21. The summed E-state index contributed by atoms with van der Waals surface area (Å²) in [6, 6.07) is 19.7. The highest BCUT2D eigenvalue weighted by Gasteiger charge is 2.19. The molecule has 8 nitrogen and oxygen atoms in total. The van der Waals surface area contributed by atoms with Crippen molar-refractivity contribution in [2.45, 2.75) is 38.3 Å². The Morgan fingerprint density at radius 2 is 1.78 bits per heavy atom. The number of nitrogens with zero attached hydrogens (tertiary/aromatic N) is 5. The van der Waals surface area contributed by atoms with Crippen LogP contribution in [0.2, 0.25) is 0 Å². The SMILES string of the molecule is COc1ccc(-n2c(SCC(=O)N/N=C(/C)c3cccnc3)nnc2-c2ccc(C(C)(C)C)cc2)cc1. The molecule has 2 aromatic heterocycles. The van der Waals surface area contributed by atoms with Gasteiger partial charge in [0.1, 0.15) is 5.75 Å². The second-order valence-electron chi connectivity index (χ2n) is 9.43. The average molecular weight is 515 g/mol. The van der Waals surface area contributed by atoms with Crippen LogP contribution in [0.3, 0.4) is 0 Å². The van der Waals surface area contributed by atoms with Crippen molar-refractivity contribution in [1.82, 2.24) is 25.2 Å². The van der Waals surface area contributed by atoms with Crippen molar-refractivity contribution in [1.29, 1.82) is 0 Å². The molecule has 2 heterocycles. The first-order valence-corrected chi connectivity index (χ1v) is 12.8. The van der Waals surface area contributed by atoms with E-state index in [-0.39, 0.29) is 17.1 Å². The van der Waals surface area contributed by atoms with Gasteiger partial charge in [0.2, 0.25) is 0 Å². The summed E-state index contributed by atoms with van der Waals surface area (Å²) in [5.74, 6) is 1.33. The normalized spacial score (nSPS) is 11.9. The Hall–Kier alpha value is -3.98. The van der Waals surface area contributed by atoms with Crippen LogP contribution >= 0.6 is 11.8 Å². The van der Waals surface area contributed by atoms with E-state index in [1.54, 1.807) is 19.5 Å². The maximum Gasteiger partial charge on any atom is 0.250 e. The molecule has 37 heavy (non-hydrogen) atoms. The Kier molecular flexibility index (Phi) is 8.03. The van der Waals surface area contributed by atoms with Crippen molar-refractivity contribution in [3.63, 3.8) is 0 Å². The number of nitrogens with one attached hydrogen (secondary N) is 1. The zero-order valence-electron chi connectivity index (χ0n) is 21.6. The Bertz CT molecular complexity index is 1380. The third-order valence-corrected chi connectivity index (χ3v) is 6.66. The van der Waals surface area contributed by atoms with E-state index in [2.05, 4.69) is 70.7 Å². The Balaban J connectivity index is 1.57. The van der Waals surface area contributed by atoms with Crippen molar-refractivity contribution in [3.05, 3.63) is 84.2 Å². The number of pyridine rings is 1. The predicted molar refractivity (Wildman–Crippen MR) is 147 cm³/mol. The summed E-state index contributed by atoms with van der Waals surface area (Å²) in [7, 11) is 1.63. The van der Waals surface area contributed by atoms with Gasteiger partial charge in [-0.3, -0.25) is 14.3 Å². The van der Waals surface area contributed by atoms with Gasteiger partial charge in [0.25, 0.3) is 5.91 Å². The maximum atomic E-state index is 12.6. The minimum absolute atomic E-state index is 0.0500. The van der Waals surface area contributed by atoms with E-state index in [9.17, 15) is 4.79 Å². The first kappa shape index (κ1) is 26.1. The lowest BCUT2D eigenvalue weighted by molar-refractivity contribution is -0.118. The molecule has 0 saturated carbocycles. The molecule has 0 fully saturated rings. The molecule has 0 spiro atoms. The number of thioether (sulfide) groups is 1. The van der Waals surface area contributed by atoms with E-state index in [0.29, 0.717) is 16.7 Å². The highest BCUT2D eigenvalue weighted by atomic mass is 32.2. The van der Waals surface area contributed by atoms with Crippen LogP contribution in [0.5, 0.6) is 5.75 Å². The molecule has 1 N–H and O–H groups in total. The second kappa shape index (κ2) is 11.4. The molecule has 0 bridgehead atoms. The van der Waals surface area contributed by atoms with Gasteiger partial charge in [-0.05, 0) is 48.2 Å². The summed E-state index contributed by atoms with van der Waals surface area (Å²) in [5, 5.41) is 13.7. The van der Waals surface area contributed by atoms with Gasteiger partial charge in [-0.25, -0.2) is 5.43 Å². The fraction of sp³-hybridized carbons (Fsp3) is 0.250. The van der Waals surface area contributed by atoms with Crippen LogP contribution in [-0.2, 0) is 10.2 Å². The third-order valence-electron chi connectivity index (χ3n) is 5.73. The van der Waals surface area contributed by atoms with Crippen LogP contribution in [0.4, 0.5) is 0 Å². The van der Waals surface area contributed by atoms with E-state index in [1.807, 2.05) is 47.9 Å². The van der Waals surface area contributed by atoms with Gasteiger partial charge in [0.15, 0.2) is 11.0 Å². The summed E-state index contributed by atoms with van der Waals surface area (Å²) in [6.45, 7) is 8.37. The van der Waals surface area contributed by atoms with Gasteiger partial charge in [-0.15, -0.1) is 10.2 Å². The number of ether oxygens (including phenoxy) is 1. The summed E-state index contributed by atoms with van der Waals surface area (Å²) in [6.07, 6.45) is 3.39. The van der Waals surface area contributed by atoms with Gasteiger partial charge < -0.3 is 4.74 Å². The smallest absolute Gasteiger partial charge is 0.250 e. The number of aromatic nitrogens is 4. The highest BCUT2D eigenvalue weighted by molar-refractivity contribution is 7.99. The van der Waals surface area contributed by atoms with Crippen molar-refractivity contribution in [2.75, 3.05) is 12.9 Å². The van der Waals surface area contributed by atoms with E-state index < -0.39 is 0 Å². The largest absolute Gasteiger partial charge is 0.497 e. The van der Waals surface area contributed by atoms with Crippen LogP contribution in [0.1, 0.15) is 38.8 Å². The van der Waals surface area contributed by atoms with Gasteiger partial charge in [-0.2, -0.15) is 5.10 Å². The molecule has 0 aliphatic rings. The van der Waals surface area contributed by atoms with Crippen molar-refractivity contribution in [2.24, 2.45) is 5.10 Å². The van der Waals surface area contributed by atoms with Gasteiger partial charge in [0, 0.05) is 29.2 Å². The molecule has 9 heteroatoms. The first-order chi connectivity index (χ1) is 17.8. The number of amides is 1. The minimum atomic E-state index is -0.242. The zero-order valence-corrected chi connectivity index (χ0v) is 22.4. The number of carbonyl (C=O) groups is 1. The second-order valence-corrected chi connectivity index (χ2v) is 10.4. The average Bonchev–Trinajstić information content (AvgIpc) is 3.34. The molecular weight excluding hydrogens is 484 g/mol. The van der Waals surface area contributed by atoms with E-state index in [4.69, 9.17) is 4.74 Å². The number of hydrogen-bond acceptors (Lipinski definition) is 7. The van der Waals surface area contributed by atoms with Crippen LogP contribution in [0, 0.1) is 0 Å². The fourth-order valence-corrected chi connectivity index (χ4v) is 4.33. The molecule has 2 aromatic carbocycles. The number of hydrazone groups is 1. The summed E-state index contributed by atoms with van der Waals surface area (Å²) >= 11 is 1.29.